The molecule has 5 nitrogen and oxygen atoms in total. The summed E-state index contributed by atoms with van der Waals surface area (Å²) in [7, 11) is 3.52. The summed E-state index contributed by atoms with van der Waals surface area (Å²) in [5.41, 5.74) is 1.16. The molecule has 1 aromatic rings. The van der Waals surface area contributed by atoms with E-state index in [0.717, 1.165) is 16.6 Å². The van der Waals surface area contributed by atoms with Crippen LogP contribution in [0.15, 0.2) is 22.7 Å². The molecule has 1 rings (SSSR count). The number of halogens is 1. The molecule has 2 atom stereocenters. The molecule has 0 radical (unpaired) electrons. The van der Waals surface area contributed by atoms with Gasteiger partial charge < -0.3 is 24.6 Å². The normalized spacial score (nSPS) is 14.0. The van der Waals surface area contributed by atoms with Gasteiger partial charge in [-0.2, -0.15) is 0 Å². The fraction of sp³-hybridized carbons (Fsp3) is 0.600. The minimum Gasteiger partial charge on any atom is -0.490 e. The Balaban J connectivity index is 2.37. The van der Waals surface area contributed by atoms with Crippen molar-refractivity contribution in [2.24, 2.45) is 0 Å². The summed E-state index contributed by atoms with van der Waals surface area (Å²) in [4.78, 5) is 0. The molecule has 120 valence electrons. The number of aliphatic hydroxyl groups is 1. The van der Waals surface area contributed by atoms with Crippen molar-refractivity contribution in [1.82, 2.24) is 5.32 Å². The summed E-state index contributed by atoms with van der Waals surface area (Å²) >= 11 is 3.47. The largest absolute Gasteiger partial charge is 0.490 e. The number of hydrogen-bond acceptors (Lipinski definition) is 5. The standard InChI is InChI=1S/C15H24BrNO4/c1-11(8-19-3)20-9-13(18)10-21-15-5-4-12(7-17-2)6-14(15)16/h4-6,11,13,17-18H,7-10H2,1-3H3. The molecule has 1 aromatic carbocycles. The molecule has 0 saturated heterocycles. The summed E-state index contributed by atoms with van der Waals surface area (Å²) in [6.45, 7) is 3.61. The number of ether oxygens (including phenoxy) is 3. The van der Waals surface area contributed by atoms with Gasteiger partial charge in [0, 0.05) is 13.7 Å². The summed E-state index contributed by atoms with van der Waals surface area (Å²) < 4.78 is 16.9. The van der Waals surface area contributed by atoms with Gasteiger partial charge in [0.1, 0.15) is 18.5 Å². The third-order valence-corrected chi connectivity index (χ3v) is 3.40. The van der Waals surface area contributed by atoms with E-state index in [9.17, 15) is 5.11 Å². The van der Waals surface area contributed by atoms with Crippen LogP contribution in [0.1, 0.15) is 12.5 Å². The van der Waals surface area contributed by atoms with Crippen molar-refractivity contribution in [2.45, 2.75) is 25.7 Å². The van der Waals surface area contributed by atoms with Gasteiger partial charge in [-0.25, -0.2) is 0 Å². The van der Waals surface area contributed by atoms with Gasteiger partial charge in [-0.3, -0.25) is 0 Å². The molecule has 2 N–H and O–H groups in total. The van der Waals surface area contributed by atoms with Crippen molar-refractivity contribution in [1.29, 1.82) is 0 Å². The Morgan fingerprint density at radius 2 is 2.05 bits per heavy atom. The lowest BCUT2D eigenvalue weighted by molar-refractivity contribution is -0.0423. The monoisotopic (exact) mass is 361 g/mol. The maximum atomic E-state index is 9.84. The smallest absolute Gasteiger partial charge is 0.133 e. The second-order valence-corrected chi connectivity index (χ2v) is 5.71. The molecular formula is C15H24BrNO4. The van der Waals surface area contributed by atoms with Crippen LogP contribution in [0.5, 0.6) is 5.75 Å². The Hall–Kier alpha value is -0.660. The van der Waals surface area contributed by atoms with Crippen LogP contribution in [0.4, 0.5) is 0 Å². The number of rotatable bonds is 10. The van der Waals surface area contributed by atoms with E-state index in [0.29, 0.717) is 12.4 Å². The van der Waals surface area contributed by atoms with Crippen LogP contribution in [0.2, 0.25) is 0 Å². The lowest BCUT2D eigenvalue weighted by Gasteiger charge is -2.17. The van der Waals surface area contributed by atoms with Gasteiger partial charge in [-0.1, -0.05) is 6.07 Å². The summed E-state index contributed by atoms with van der Waals surface area (Å²) in [6, 6.07) is 5.87. The number of methoxy groups -OCH3 is 1. The lowest BCUT2D eigenvalue weighted by atomic mass is 10.2. The fourth-order valence-corrected chi connectivity index (χ4v) is 2.31. The van der Waals surface area contributed by atoms with Crippen LogP contribution in [0.25, 0.3) is 0 Å². The van der Waals surface area contributed by atoms with Gasteiger partial charge in [-0.05, 0) is 47.6 Å². The Morgan fingerprint density at radius 3 is 2.67 bits per heavy atom. The summed E-state index contributed by atoms with van der Waals surface area (Å²) in [5, 5.41) is 12.9. The molecule has 0 fully saturated rings. The highest BCUT2D eigenvalue weighted by Crippen LogP contribution is 2.26. The third kappa shape index (κ3) is 7.24. The highest BCUT2D eigenvalue weighted by molar-refractivity contribution is 9.10. The van der Waals surface area contributed by atoms with Gasteiger partial charge in [-0.15, -0.1) is 0 Å². The van der Waals surface area contributed by atoms with E-state index in [2.05, 4.69) is 21.2 Å². The molecule has 0 saturated carbocycles. The highest BCUT2D eigenvalue weighted by atomic mass is 79.9. The topological polar surface area (TPSA) is 60.0 Å². The Morgan fingerprint density at radius 1 is 1.29 bits per heavy atom. The average molecular weight is 362 g/mol. The summed E-state index contributed by atoms with van der Waals surface area (Å²) in [5.74, 6) is 0.707. The van der Waals surface area contributed by atoms with Crippen LogP contribution in [-0.2, 0) is 16.0 Å². The SMILES string of the molecule is CNCc1ccc(OCC(O)COC(C)COC)c(Br)c1. The molecule has 0 heterocycles. The van der Waals surface area contributed by atoms with Crippen molar-refractivity contribution in [3.05, 3.63) is 28.2 Å². The molecule has 0 aromatic heterocycles. The molecule has 2 unspecified atom stereocenters. The first-order chi connectivity index (χ1) is 10.1. The van der Waals surface area contributed by atoms with Gasteiger partial charge in [0.25, 0.3) is 0 Å². The molecule has 0 bridgehead atoms. The zero-order valence-electron chi connectivity index (χ0n) is 12.8. The van der Waals surface area contributed by atoms with E-state index in [4.69, 9.17) is 14.2 Å². The Kier molecular flexibility index (Phi) is 8.87. The van der Waals surface area contributed by atoms with Crippen molar-refractivity contribution >= 4 is 15.9 Å². The third-order valence-electron chi connectivity index (χ3n) is 2.78. The van der Waals surface area contributed by atoms with Crippen LogP contribution >= 0.6 is 15.9 Å². The highest BCUT2D eigenvalue weighted by Gasteiger charge is 2.10. The van der Waals surface area contributed by atoms with Crippen LogP contribution < -0.4 is 10.1 Å². The predicted molar refractivity (Wildman–Crippen MR) is 85.7 cm³/mol. The first-order valence-electron chi connectivity index (χ1n) is 6.91. The van der Waals surface area contributed by atoms with Crippen LogP contribution in [0.3, 0.4) is 0 Å². The number of hydrogen-bond donors (Lipinski definition) is 2. The molecule has 0 aliphatic rings. The molecule has 0 aliphatic carbocycles. The molecule has 0 spiro atoms. The number of nitrogens with one attached hydrogen (secondary N) is 1. The zero-order chi connectivity index (χ0) is 15.7. The van der Waals surface area contributed by atoms with Gasteiger partial charge in [0.2, 0.25) is 0 Å². The second-order valence-electron chi connectivity index (χ2n) is 4.86. The molecule has 21 heavy (non-hydrogen) atoms. The molecule has 0 amide bonds. The minimum absolute atomic E-state index is 0.0442. The van der Waals surface area contributed by atoms with Crippen LogP contribution in [-0.4, -0.2) is 51.3 Å². The number of aliphatic hydroxyl groups excluding tert-OH is 1. The van der Waals surface area contributed by atoms with Crippen molar-refractivity contribution in [3.8, 4) is 5.75 Å². The maximum absolute atomic E-state index is 9.84. The van der Waals surface area contributed by atoms with E-state index >= 15 is 0 Å². The van der Waals surface area contributed by atoms with Crippen LogP contribution in [0, 0.1) is 0 Å². The Labute approximate surface area is 134 Å². The van der Waals surface area contributed by atoms with Crippen molar-refractivity contribution < 1.29 is 19.3 Å². The predicted octanol–water partition coefficient (Wildman–Crippen LogP) is 1.96. The lowest BCUT2D eigenvalue weighted by Crippen LogP contribution is -2.27. The van der Waals surface area contributed by atoms with E-state index in [1.807, 2.05) is 32.2 Å². The van der Waals surface area contributed by atoms with E-state index in [1.54, 1.807) is 7.11 Å². The molecule has 0 aliphatic heterocycles. The Bertz CT molecular complexity index is 417. The maximum Gasteiger partial charge on any atom is 0.133 e. The summed E-state index contributed by atoms with van der Waals surface area (Å²) in [6.07, 6.45) is -0.717. The van der Waals surface area contributed by atoms with Crippen molar-refractivity contribution in [3.63, 3.8) is 0 Å². The first-order valence-corrected chi connectivity index (χ1v) is 7.70. The number of benzene rings is 1. The van der Waals surface area contributed by atoms with E-state index < -0.39 is 6.10 Å². The van der Waals surface area contributed by atoms with E-state index in [1.165, 1.54) is 0 Å². The first kappa shape index (κ1) is 18.4. The van der Waals surface area contributed by atoms with E-state index in [-0.39, 0.29) is 19.3 Å². The average Bonchev–Trinajstić information content (AvgIpc) is 2.45. The molecule has 6 heteroatoms. The fourth-order valence-electron chi connectivity index (χ4n) is 1.77. The minimum atomic E-state index is -0.673. The van der Waals surface area contributed by atoms with Crippen molar-refractivity contribution in [2.75, 3.05) is 34.0 Å². The van der Waals surface area contributed by atoms with Gasteiger partial charge in [0.05, 0.1) is 23.8 Å². The second kappa shape index (κ2) is 10.1. The quantitative estimate of drug-likeness (QED) is 0.667. The van der Waals surface area contributed by atoms with Gasteiger partial charge in [0.15, 0.2) is 0 Å². The zero-order valence-corrected chi connectivity index (χ0v) is 14.4. The van der Waals surface area contributed by atoms with Gasteiger partial charge >= 0.3 is 0 Å². The molecular weight excluding hydrogens is 338 g/mol.